The van der Waals surface area contributed by atoms with Crippen molar-refractivity contribution in [3.63, 3.8) is 0 Å². The van der Waals surface area contributed by atoms with Crippen LogP contribution in [0.25, 0.3) is 0 Å². The van der Waals surface area contributed by atoms with Crippen LogP contribution in [0.2, 0.25) is 18.1 Å². The van der Waals surface area contributed by atoms with Crippen LogP contribution < -0.4 is 0 Å². The Balaban J connectivity index is 3.13. The molecule has 0 bridgehead atoms. The van der Waals surface area contributed by atoms with Crippen molar-refractivity contribution >= 4 is 20.6 Å². The van der Waals surface area contributed by atoms with E-state index in [-0.39, 0.29) is 17.9 Å². The van der Waals surface area contributed by atoms with Crippen LogP contribution in [0.3, 0.4) is 0 Å². The minimum absolute atomic E-state index is 0.0301. The van der Waals surface area contributed by atoms with E-state index in [4.69, 9.17) is 9.53 Å². The SMILES string of the molecule is C=C[C@]1(CC(=O)O)[C@@H](O)C[C@@H](O[Si](C)(C)C(C)(C)C)[C@@H]1C=O. The number of carboxylic acids is 1. The minimum Gasteiger partial charge on any atom is -0.481 e. The Kier molecular flexibility index (Phi) is 5.42. The van der Waals surface area contributed by atoms with Crippen LogP contribution in [-0.2, 0) is 14.0 Å². The molecule has 0 radical (unpaired) electrons. The summed E-state index contributed by atoms with van der Waals surface area (Å²) in [7, 11) is -2.12. The predicted molar refractivity (Wildman–Crippen MR) is 87.1 cm³/mol. The molecule has 0 aromatic rings. The molecule has 0 spiro atoms. The van der Waals surface area contributed by atoms with Gasteiger partial charge in [-0.3, -0.25) is 4.79 Å². The van der Waals surface area contributed by atoms with Crippen molar-refractivity contribution in [3.05, 3.63) is 12.7 Å². The van der Waals surface area contributed by atoms with Crippen molar-refractivity contribution in [2.75, 3.05) is 0 Å². The predicted octanol–water partition coefficient (Wildman–Crippen LogP) is 2.60. The largest absolute Gasteiger partial charge is 0.481 e. The van der Waals surface area contributed by atoms with Gasteiger partial charge in [0, 0.05) is 5.41 Å². The Morgan fingerprint density at radius 2 is 2.00 bits per heavy atom. The third-order valence-electron chi connectivity index (χ3n) is 5.33. The van der Waals surface area contributed by atoms with Crippen molar-refractivity contribution < 1.29 is 24.2 Å². The van der Waals surface area contributed by atoms with Crippen LogP contribution in [0.4, 0.5) is 0 Å². The molecule has 4 atom stereocenters. The van der Waals surface area contributed by atoms with Gasteiger partial charge in [0.05, 0.1) is 24.5 Å². The minimum atomic E-state index is -2.12. The quantitative estimate of drug-likeness (QED) is 0.445. The van der Waals surface area contributed by atoms with E-state index < -0.39 is 37.8 Å². The van der Waals surface area contributed by atoms with E-state index in [1.54, 1.807) is 0 Å². The summed E-state index contributed by atoms with van der Waals surface area (Å²) in [6, 6.07) is 0. The Morgan fingerprint density at radius 3 is 2.36 bits per heavy atom. The summed E-state index contributed by atoms with van der Waals surface area (Å²) in [6.07, 6.45) is 0.670. The summed E-state index contributed by atoms with van der Waals surface area (Å²) in [5, 5.41) is 19.5. The van der Waals surface area contributed by atoms with Gasteiger partial charge in [0.15, 0.2) is 8.32 Å². The third kappa shape index (κ3) is 3.34. The molecule has 0 unspecified atom stereocenters. The molecule has 1 aliphatic carbocycles. The molecule has 0 aliphatic heterocycles. The molecule has 0 saturated heterocycles. The fourth-order valence-electron chi connectivity index (χ4n) is 2.89. The highest BCUT2D eigenvalue weighted by atomic mass is 28.4. The Morgan fingerprint density at radius 1 is 1.45 bits per heavy atom. The number of carbonyl (C=O) groups is 2. The molecule has 5 nitrogen and oxygen atoms in total. The molecule has 1 rings (SSSR count). The molecular formula is C16H28O5Si. The van der Waals surface area contributed by atoms with Crippen LogP contribution in [-0.4, -0.2) is 43.0 Å². The first-order chi connectivity index (χ1) is 9.91. The van der Waals surface area contributed by atoms with Gasteiger partial charge in [-0.25, -0.2) is 0 Å². The van der Waals surface area contributed by atoms with Gasteiger partial charge in [0.25, 0.3) is 0 Å². The van der Waals surface area contributed by atoms with E-state index in [1.807, 2.05) is 0 Å². The number of aldehydes is 1. The molecular weight excluding hydrogens is 300 g/mol. The highest BCUT2D eigenvalue weighted by Crippen LogP contribution is 2.50. The van der Waals surface area contributed by atoms with E-state index in [9.17, 15) is 14.7 Å². The monoisotopic (exact) mass is 328 g/mol. The topological polar surface area (TPSA) is 83.8 Å². The van der Waals surface area contributed by atoms with Crippen molar-refractivity contribution in [3.8, 4) is 0 Å². The number of hydrogen-bond acceptors (Lipinski definition) is 4. The number of aliphatic carboxylic acids is 1. The van der Waals surface area contributed by atoms with E-state index in [0.29, 0.717) is 0 Å². The second-order valence-corrected chi connectivity index (χ2v) is 12.5. The summed E-state index contributed by atoms with van der Waals surface area (Å²) in [5.74, 6) is -1.75. The zero-order valence-corrected chi connectivity index (χ0v) is 15.1. The standard InChI is InChI=1S/C16H28O5Si/c1-7-16(9-14(19)20)11(10-17)12(8-13(16)18)21-22(5,6)15(2,3)4/h7,10-13,18H,1,8-9H2,2-6H3,(H,19,20)/t11-,12+,13-,16+/m0/s1. The summed E-state index contributed by atoms with van der Waals surface area (Å²) >= 11 is 0. The lowest BCUT2D eigenvalue weighted by Crippen LogP contribution is -2.46. The van der Waals surface area contributed by atoms with Gasteiger partial charge in [-0.1, -0.05) is 26.8 Å². The number of carboxylic acid groups (broad SMARTS) is 1. The van der Waals surface area contributed by atoms with Crippen LogP contribution in [0.15, 0.2) is 12.7 Å². The summed E-state index contributed by atoms with van der Waals surface area (Å²) < 4.78 is 6.28. The number of carbonyl (C=O) groups excluding carboxylic acids is 1. The fraction of sp³-hybridized carbons (Fsp3) is 0.750. The molecule has 0 amide bonds. The molecule has 0 aromatic heterocycles. The molecule has 126 valence electrons. The van der Waals surface area contributed by atoms with E-state index in [1.165, 1.54) is 6.08 Å². The van der Waals surface area contributed by atoms with Crippen molar-refractivity contribution in [2.24, 2.45) is 11.3 Å². The van der Waals surface area contributed by atoms with E-state index in [2.05, 4.69) is 40.4 Å². The zero-order valence-electron chi connectivity index (χ0n) is 14.1. The van der Waals surface area contributed by atoms with Gasteiger partial charge < -0.3 is 19.4 Å². The molecule has 2 N–H and O–H groups in total. The first-order valence-corrected chi connectivity index (χ1v) is 10.5. The Hall–Kier alpha value is -0.983. The molecule has 1 fully saturated rings. The zero-order chi connectivity index (χ0) is 17.3. The van der Waals surface area contributed by atoms with Gasteiger partial charge in [-0.05, 0) is 24.6 Å². The third-order valence-corrected chi connectivity index (χ3v) is 9.84. The maximum absolute atomic E-state index is 11.6. The molecule has 0 heterocycles. The maximum atomic E-state index is 11.6. The normalized spacial score (nSPS) is 32.7. The lowest BCUT2D eigenvalue weighted by atomic mass is 9.74. The first kappa shape index (κ1) is 19.1. The van der Waals surface area contributed by atoms with E-state index >= 15 is 0 Å². The molecule has 0 aromatic carbocycles. The van der Waals surface area contributed by atoms with E-state index in [0.717, 1.165) is 6.29 Å². The molecule has 6 heteroatoms. The van der Waals surface area contributed by atoms with Crippen molar-refractivity contribution in [1.29, 1.82) is 0 Å². The molecule has 22 heavy (non-hydrogen) atoms. The Labute approximate surface area is 133 Å². The number of aliphatic hydroxyl groups excluding tert-OH is 1. The van der Waals surface area contributed by atoms with Gasteiger partial charge >= 0.3 is 5.97 Å². The highest BCUT2D eigenvalue weighted by molar-refractivity contribution is 6.74. The van der Waals surface area contributed by atoms with Crippen LogP contribution >= 0.6 is 0 Å². The van der Waals surface area contributed by atoms with Crippen LogP contribution in [0.5, 0.6) is 0 Å². The van der Waals surface area contributed by atoms with Gasteiger partial charge in [0.2, 0.25) is 0 Å². The van der Waals surface area contributed by atoms with Crippen LogP contribution in [0, 0.1) is 11.3 Å². The maximum Gasteiger partial charge on any atom is 0.304 e. The van der Waals surface area contributed by atoms with Crippen molar-refractivity contribution in [1.82, 2.24) is 0 Å². The summed E-state index contributed by atoms with van der Waals surface area (Å²) in [6.45, 7) is 14.1. The van der Waals surface area contributed by atoms with Gasteiger partial charge in [-0.2, -0.15) is 0 Å². The molecule has 1 aliphatic rings. The van der Waals surface area contributed by atoms with Crippen molar-refractivity contribution in [2.45, 2.75) is 64.0 Å². The average molecular weight is 328 g/mol. The molecule has 1 saturated carbocycles. The fourth-order valence-corrected chi connectivity index (χ4v) is 4.24. The summed E-state index contributed by atoms with van der Waals surface area (Å²) in [5.41, 5.74) is -1.15. The van der Waals surface area contributed by atoms with Crippen LogP contribution in [0.1, 0.15) is 33.6 Å². The number of rotatable bonds is 6. The second-order valence-electron chi connectivity index (χ2n) is 7.72. The number of aliphatic hydroxyl groups is 1. The smallest absolute Gasteiger partial charge is 0.304 e. The lowest BCUT2D eigenvalue weighted by molar-refractivity contribution is -0.141. The highest BCUT2D eigenvalue weighted by Gasteiger charge is 2.56. The lowest BCUT2D eigenvalue weighted by Gasteiger charge is -2.40. The van der Waals surface area contributed by atoms with Gasteiger partial charge in [0.1, 0.15) is 6.29 Å². The average Bonchev–Trinajstić information content (AvgIpc) is 2.59. The Bertz CT molecular complexity index is 454. The first-order valence-electron chi connectivity index (χ1n) is 7.58. The van der Waals surface area contributed by atoms with Gasteiger partial charge in [-0.15, -0.1) is 6.58 Å². The second kappa shape index (κ2) is 6.26. The number of hydrogen-bond donors (Lipinski definition) is 2. The summed E-state index contributed by atoms with van der Waals surface area (Å²) in [4.78, 5) is 22.8.